The number of thiazole rings is 1. The van der Waals surface area contributed by atoms with E-state index in [1.807, 2.05) is 31.2 Å². The molecule has 188 valence electrons. The fraction of sp³-hybridized carbons (Fsp3) is 0.296. The number of fused-ring (bicyclic) bond motifs is 1. The normalized spacial score (nSPS) is 15.2. The highest BCUT2D eigenvalue weighted by Gasteiger charge is 2.33. The largest absolute Gasteiger partial charge is 0.497 e. The van der Waals surface area contributed by atoms with E-state index in [2.05, 4.69) is 4.99 Å². The van der Waals surface area contributed by atoms with Crippen LogP contribution in [0.3, 0.4) is 0 Å². The van der Waals surface area contributed by atoms with E-state index >= 15 is 0 Å². The van der Waals surface area contributed by atoms with Gasteiger partial charge in [-0.1, -0.05) is 23.5 Å². The summed E-state index contributed by atoms with van der Waals surface area (Å²) in [4.78, 5) is 31.9. The van der Waals surface area contributed by atoms with Crippen molar-refractivity contribution in [1.29, 1.82) is 0 Å². The number of allylic oxidation sites excluding steroid dienone is 1. The number of methoxy groups -OCH3 is 2. The number of carbonyl (C=O) groups excluding carboxylic acids is 1. The van der Waals surface area contributed by atoms with Gasteiger partial charge >= 0.3 is 5.97 Å². The minimum Gasteiger partial charge on any atom is -0.497 e. The molecule has 4 rings (SSSR count). The number of aromatic nitrogens is 1. The van der Waals surface area contributed by atoms with Gasteiger partial charge in [-0.05, 0) is 62.7 Å². The van der Waals surface area contributed by atoms with E-state index in [-0.39, 0.29) is 12.2 Å². The van der Waals surface area contributed by atoms with Crippen LogP contribution in [0.15, 0.2) is 63.5 Å². The minimum absolute atomic E-state index is 0.214. The van der Waals surface area contributed by atoms with Gasteiger partial charge in [0, 0.05) is 5.56 Å². The topological polar surface area (TPSA) is 88.4 Å². The number of benzene rings is 2. The van der Waals surface area contributed by atoms with E-state index in [1.54, 1.807) is 56.9 Å². The summed E-state index contributed by atoms with van der Waals surface area (Å²) >= 11 is 1.25. The molecule has 0 saturated carbocycles. The molecule has 0 bridgehead atoms. The summed E-state index contributed by atoms with van der Waals surface area (Å²) in [6.45, 7) is 6.17. The lowest BCUT2D eigenvalue weighted by molar-refractivity contribution is -0.139. The highest BCUT2D eigenvalue weighted by atomic mass is 32.1. The van der Waals surface area contributed by atoms with Gasteiger partial charge in [-0.15, -0.1) is 0 Å². The first kappa shape index (κ1) is 25.2. The first-order valence-corrected chi connectivity index (χ1v) is 12.4. The van der Waals surface area contributed by atoms with Crippen molar-refractivity contribution in [3.05, 3.63) is 84.5 Å². The van der Waals surface area contributed by atoms with E-state index in [1.165, 1.54) is 11.3 Å². The molecule has 1 aliphatic heterocycles. The van der Waals surface area contributed by atoms with Gasteiger partial charge < -0.3 is 18.9 Å². The molecule has 3 aromatic rings. The predicted molar refractivity (Wildman–Crippen MR) is 138 cm³/mol. The number of hydrogen-bond donors (Lipinski definition) is 0. The van der Waals surface area contributed by atoms with Gasteiger partial charge in [-0.2, -0.15) is 0 Å². The average molecular weight is 509 g/mol. The number of nitrogens with zero attached hydrogens (tertiary/aromatic N) is 2. The van der Waals surface area contributed by atoms with Gasteiger partial charge in [0.2, 0.25) is 0 Å². The maximum Gasteiger partial charge on any atom is 0.338 e. The molecule has 8 nitrogen and oxygen atoms in total. The molecule has 0 radical (unpaired) electrons. The number of carbonyl (C=O) groups is 1. The molecule has 0 N–H and O–H groups in total. The van der Waals surface area contributed by atoms with Crippen LogP contribution in [0, 0.1) is 0 Å². The third-order valence-electron chi connectivity index (χ3n) is 5.75. The summed E-state index contributed by atoms with van der Waals surface area (Å²) in [5.41, 5.74) is 2.03. The Labute approximate surface area is 212 Å². The number of hydrogen-bond acceptors (Lipinski definition) is 8. The summed E-state index contributed by atoms with van der Waals surface area (Å²) in [6, 6.07) is 12.1. The molecule has 0 fully saturated rings. The summed E-state index contributed by atoms with van der Waals surface area (Å²) in [5, 5.41) is 0. The zero-order chi connectivity index (χ0) is 25.8. The van der Waals surface area contributed by atoms with Crippen LogP contribution in [0.5, 0.6) is 17.2 Å². The summed E-state index contributed by atoms with van der Waals surface area (Å²) in [5.74, 6) is 1.45. The molecule has 0 unspecified atom stereocenters. The Hall–Kier alpha value is -3.85. The van der Waals surface area contributed by atoms with Crippen molar-refractivity contribution in [1.82, 2.24) is 4.57 Å². The fourth-order valence-corrected chi connectivity index (χ4v) is 5.15. The van der Waals surface area contributed by atoms with Crippen molar-refractivity contribution in [2.24, 2.45) is 4.99 Å². The molecule has 1 atom stereocenters. The van der Waals surface area contributed by atoms with Crippen LogP contribution in [-0.4, -0.2) is 38.0 Å². The van der Waals surface area contributed by atoms with Crippen molar-refractivity contribution in [3.8, 4) is 17.2 Å². The third-order valence-corrected chi connectivity index (χ3v) is 6.73. The van der Waals surface area contributed by atoms with Crippen LogP contribution in [0.1, 0.15) is 37.9 Å². The Bertz CT molecular complexity index is 1480. The smallest absolute Gasteiger partial charge is 0.338 e. The number of rotatable bonds is 8. The van der Waals surface area contributed by atoms with Gasteiger partial charge in [0.25, 0.3) is 5.56 Å². The van der Waals surface area contributed by atoms with Crippen molar-refractivity contribution in [2.75, 3.05) is 27.4 Å². The van der Waals surface area contributed by atoms with E-state index in [0.717, 1.165) is 5.56 Å². The summed E-state index contributed by atoms with van der Waals surface area (Å²) in [7, 11) is 3.15. The van der Waals surface area contributed by atoms with Gasteiger partial charge in [-0.25, -0.2) is 9.79 Å². The van der Waals surface area contributed by atoms with Crippen molar-refractivity contribution >= 4 is 23.4 Å². The van der Waals surface area contributed by atoms with Gasteiger partial charge in [0.15, 0.2) is 4.80 Å². The molecule has 0 aliphatic carbocycles. The lowest BCUT2D eigenvalue weighted by Gasteiger charge is -2.24. The van der Waals surface area contributed by atoms with Crippen molar-refractivity contribution in [2.45, 2.75) is 26.8 Å². The summed E-state index contributed by atoms with van der Waals surface area (Å²) in [6.07, 6.45) is 1.75. The molecule has 9 heteroatoms. The van der Waals surface area contributed by atoms with Crippen molar-refractivity contribution < 1.29 is 23.7 Å². The molecule has 0 saturated heterocycles. The van der Waals surface area contributed by atoms with Gasteiger partial charge in [-0.3, -0.25) is 9.36 Å². The quantitative estimate of drug-likeness (QED) is 0.434. The maximum absolute atomic E-state index is 13.8. The standard InChI is InChI=1S/C27H28N2O6S/c1-6-34-19-10-8-17(9-11-19)24-23(26(31)35-7-2)16(3)28-27-29(24)25(30)22(36-27)15-18-14-20(32-4)12-13-21(18)33-5/h8-15,24H,6-7H2,1-5H3/b22-15-/t24-/m1/s1. The maximum atomic E-state index is 13.8. The van der Waals surface area contributed by atoms with Gasteiger partial charge in [0.1, 0.15) is 17.2 Å². The molecule has 0 spiro atoms. The Morgan fingerprint density at radius 1 is 1.06 bits per heavy atom. The first-order valence-electron chi connectivity index (χ1n) is 11.6. The Morgan fingerprint density at radius 3 is 2.42 bits per heavy atom. The second-order valence-electron chi connectivity index (χ2n) is 7.91. The van der Waals surface area contributed by atoms with Crippen LogP contribution >= 0.6 is 11.3 Å². The van der Waals surface area contributed by atoms with E-state index in [4.69, 9.17) is 18.9 Å². The number of esters is 1. The van der Waals surface area contributed by atoms with Gasteiger partial charge in [0.05, 0.1) is 49.3 Å². The molecule has 1 aromatic heterocycles. The van der Waals surface area contributed by atoms with Crippen LogP contribution < -0.4 is 29.1 Å². The molecule has 36 heavy (non-hydrogen) atoms. The Kier molecular flexibility index (Phi) is 7.59. The second-order valence-corrected chi connectivity index (χ2v) is 8.92. The monoisotopic (exact) mass is 508 g/mol. The van der Waals surface area contributed by atoms with E-state index < -0.39 is 12.0 Å². The van der Waals surface area contributed by atoms with E-state index in [9.17, 15) is 9.59 Å². The average Bonchev–Trinajstić information content (AvgIpc) is 3.18. The zero-order valence-corrected chi connectivity index (χ0v) is 21.7. The molecule has 2 aromatic carbocycles. The third kappa shape index (κ3) is 4.79. The Balaban J connectivity index is 1.93. The fourth-order valence-electron chi connectivity index (χ4n) is 4.11. The van der Waals surface area contributed by atoms with E-state index in [0.29, 0.717) is 50.0 Å². The highest BCUT2D eigenvalue weighted by molar-refractivity contribution is 7.07. The van der Waals surface area contributed by atoms with Crippen LogP contribution in [0.25, 0.3) is 6.08 Å². The van der Waals surface area contributed by atoms with Crippen LogP contribution in [0.2, 0.25) is 0 Å². The van der Waals surface area contributed by atoms with Crippen LogP contribution in [-0.2, 0) is 9.53 Å². The Morgan fingerprint density at radius 2 is 1.78 bits per heavy atom. The highest BCUT2D eigenvalue weighted by Crippen LogP contribution is 2.32. The van der Waals surface area contributed by atoms with Crippen molar-refractivity contribution in [3.63, 3.8) is 0 Å². The minimum atomic E-state index is -0.690. The number of ether oxygens (including phenoxy) is 4. The molecular formula is C27H28N2O6S. The predicted octanol–water partition coefficient (Wildman–Crippen LogP) is 3.21. The lowest BCUT2D eigenvalue weighted by Crippen LogP contribution is -2.39. The molecule has 0 amide bonds. The lowest BCUT2D eigenvalue weighted by atomic mass is 9.96. The molecule has 1 aliphatic rings. The molecular weight excluding hydrogens is 480 g/mol. The SMILES string of the molecule is CCOC(=O)C1=C(C)N=c2s/c(=C\c3cc(OC)ccc3OC)c(=O)n2[C@@H]1c1ccc(OCC)cc1. The second kappa shape index (κ2) is 10.8. The first-order chi connectivity index (χ1) is 17.4. The summed E-state index contributed by atoms with van der Waals surface area (Å²) < 4.78 is 23.7. The molecule has 2 heterocycles. The zero-order valence-electron chi connectivity index (χ0n) is 20.9. The van der Waals surface area contributed by atoms with Crippen LogP contribution in [0.4, 0.5) is 0 Å².